The number of aryl methyl sites for hydroxylation is 1. The summed E-state index contributed by atoms with van der Waals surface area (Å²) in [6.07, 6.45) is 3.54. The highest BCUT2D eigenvalue weighted by molar-refractivity contribution is 8.00. The Kier molecular flexibility index (Phi) is 5.44. The second-order valence-electron chi connectivity index (χ2n) is 5.55. The molecule has 3 N–H and O–H groups in total. The van der Waals surface area contributed by atoms with E-state index in [0.29, 0.717) is 5.16 Å². The molecule has 1 aromatic heterocycles. The Morgan fingerprint density at radius 3 is 2.70 bits per heavy atom. The Hall–Kier alpha value is -2.28. The number of benzene rings is 1. The number of aromatic nitrogens is 2. The number of imidazole rings is 1. The molecule has 7 heteroatoms. The fourth-order valence-corrected chi connectivity index (χ4v) is 3.22. The highest BCUT2D eigenvalue weighted by Gasteiger charge is 2.26. The average Bonchev–Trinajstić information content (AvgIpc) is 2.91. The van der Waals surface area contributed by atoms with Gasteiger partial charge in [0.15, 0.2) is 5.16 Å². The first kappa shape index (κ1) is 17.1. The van der Waals surface area contributed by atoms with Crippen LogP contribution in [0.2, 0.25) is 0 Å². The maximum Gasteiger partial charge on any atom is 0.318 e. The van der Waals surface area contributed by atoms with E-state index in [1.54, 1.807) is 6.20 Å². The summed E-state index contributed by atoms with van der Waals surface area (Å²) in [5.74, 6) is -0.390. The molecule has 1 aromatic carbocycles. The number of rotatable bonds is 5. The molecule has 0 bridgehead atoms. The summed E-state index contributed by atoms with van der Waals surface area (Å²) in [5.41, 5.74) is 7.15. The molecule has 0 aliphatic rings. The van der Waals surface area contributed by atoms with Gasteiger partial charge in [0.2, 0.25) is 5.91 Å². The first-order valence-electron chi connectivity index (χ1n) is 7.26. The lowest BCUT2D eigenvalue weighted by Crippen LogP contribution is -2.42. The molecule has 23 heavy (non-hydrogen) atoms. The molecule has 1 heterocycles. The van der Waals surface area contributed by atoms with Crippen LogP contribution in [-0.2, 0) is 4.79 Å². The predicted molar refractivity (Wildman–Crippen MR) is 90.5 cm³/mol. The van der Waals surface area contributed by atoms with Crippen LogP contribution in [0.3, 0.4) is 0 Å². The van der Waals surface area contributed by atoms with E-state index in [1.807, 2.05) is 55.8 Å². The first-order valence-corrected chi connectivity index (χ1v) is 8.14. The quantitative estimate of drug-likeness (QED) is 0.823. The van der Waals surface area contributed by atoms with E-state index in [0.717, 1.165) is 11.3 Å². The van der Waals surface area contributed by atoms with Crippen LogP contribution in [0, 0.1) is 12.8 Å². The number of thioether (sulfide) groups is 1. The number of carbonyl (C=O) groups excluding carboxylic acids is 2. The molecule has 0 aliphatic heterocycles. The number of amides is 3. The van der Waals surface area contributed by atoms with Crippen molar-refractivity contribution in [3.63, 3.8) is 0 Å². The molecule has 0 spiro atoms. The SMILES string of the molecule is Cc1cccc(-n2ccnc2SC(C(=O)NC(N)=O)C(C)C)c1. The van der Waals surface area contributed by atoms with Crippen molar-refractivity contribution in [2.24, 2.45) is 11.7 Å². The van der Waals surface area contributed by atoms with Crippen molar-refractivity contribution in [1.82, 2.24) is 14.9 Å². The van der Waals surface area contributed by atoms with Crippen LogP contribution in [0.1, 0.15) is 19.4 Å². The van der Waals surface area contributed by atoms with Crippen LogP contribution >= 0.6 is 11.8 Å². The van der Waals surface area contributed by atoms with Crippen molar-refractivity contribution in [2.75, 3.05) is 0 Å². The van der Waals surface area contributed by atoms with Gasteiger partial charge >= 0.3 is 6.03 Å². The van der Waals surface area contributed by atoms with Crippen molar-refractivity contribution in [3.8, 4) is 5.69 Å². The topological polar surface area (TPSA) is 90.0 Å². The molecule has 2 aromatic rings. The molecule has 1 atom stereocenters. The van der Waals surface area contributed by atoms with Crippen LogP contribution in [0.4, 0.5) is 4.79 Å². The number of nitrogens with zero attached hydrogens (tertiary/aromatic N) is 2. The Morgan fingerprint density at radius 2 is 2.09 bits per heavy atom. The molecule has 0 saturated carbocycles. The minimum Gasteiger partial charge on any atom is -0.351 e. The Morgan fingerprint density at radius 1 is 1.35 bits per heavy atom. The third-order valence-electron chi connectivity index (χ3n) is 3.23. The van der Waals surface area contributed by atoms with Gasteiger partial charge in [-0.25, -0.2) is 9.78 Å². The average molecular weight is 332 g/mol. The number of nitrogens with one attached hydrogen (secondary N) is 1. The second-order valence-corrected chi connectivity index (χ2v) is 6.66. The first-order chi connectivity index (χ1) is 10.9. The molecular weight excluding hydrogens is 312 g/mol. The number of nitrogens with two attached hydrogens (primary N) is 1. The highest BCUT2D eigenvalue weighted by Crippen LogP contribution is 2.29. The normalized spacial score (nSPS) is 12.2. The number of urea groups is 1. The van der Waals surface area contributed by atoms with Crippen LogP contribution in [0.25, 0.3) is 5.69 Å². The van der Waals surface area contributed by atoms with Gasteiger partial charge in [0, 0.05) is 18.1 Å². The predicted octanol–water partition coefficient (Wildman–Crippen LogP) is 2.49. The number of imide groups is 1. The maximum atomic E-state index is 12.2. The lowest BCUT2D eigenvalue weighted by molar-refractivity contribution is -0.120. The summed E-state index contributed by atoms with van der Waals surface area (Å²) in [6.45, 7) is 5.85. The lowest BCUT2D eigenvalue weighted by atomic mass is 10.1. The summed E-state index contributed by atoms with van der Waals surface area (Å²) in [5, 5.41) is 2.37. The number of hydrogen-bond donors (Lipinski definition) is 2. The van der Waals surface area contributed by atoms with Gasteiger partial charge in [0.25, 0.3) is 0 Å². The van der Waals surface area contributed by atoms with Crippen LogP contribution in [-0.4, -0.2) is 26.7 Å². The molecule has 0 radical (unpaired) electrons. The molecule has 0 aliphatic carbocycles. The number of carbonyl (C=O) groups is 2. The van der Waals surface area contributed by atoms with Gasteiger partial charge in [-0.15, -0.1) is 0 Å². The molecule has 2 rings (SSSR count). The lowest BCUT2D eigenvalue weighted by Gasteiger charge is -2.19. The zero-order valence-electron chi connectivity index (χ0n) is 13.3. The molecule has 3 amide bonds. The van der Waals surface area contributed by atoms with E-state index < -0.39 is 17.2 Å². The Balaban J connectivity index is 2.27. The van der Waals surface area contributed by atoms with Crippen molar-refractivity contribution in [1.29, 1.82) is 0 Å². The van der Waals surface area contributed by atoms with Crippen molar-refractivity contribution < 1.29 is 9.59 Å². The van der Waals surface area contributed by atoms with Gasteiger partial charge in [0.1, 0.15) is 0 Å². The third kappa shape index (κ3) is 4.35. The van der Waals surface area contributed by atoms with Gasteiger partial charge < -0.3 is 5.73 Å². The molecular formula is C16H20N4O2S. The molecule has 6 nitrogen and oxygen atoms in total. The fourth-order valence-electron chi connectivity index (χ4n) is 2.15. The molecule has 0 fully saturated rings. The van der Waals surface area contributed by atoms with Gasteiger partial charge in [-0.05, 0) is 30.5 Å². The maximum absolute atomic E-state index is 12.2. The smallest absolute Gasteiger partial charge is 0.318 e. The van der Waals surface area contributed by atoms with Crippen molar-refractivity contribution >= 4 is 23.7 Å². The van der Waals surface area contributed by atoms with E-state index in [2.05, 4.69) is 10.3 Å². The summed E-state index contributed by atoms with van der Waals surface area (Å²) < 4.78 is 1.92. The van der Waals surface area contributed by atoms with Crippen LogP contribution in [0.15, 0.2) is 41.8 Å². The van der Waals surface area contributed by atoms with E-state index in [1.165, 1.54) is 11.8 Å². The summed E-state index contributed by atoms with van der Waals surface area (Å²) in [7, 11) is 0. The van der Waals surface area contributed by atoms with Gasteiger partial charge in [-0.1, -0.05) is 37.7 Å². The summed E-state index contributed by atoms with van der Waals surface area (Å²) in [6, 6.07) is 7.17. The van der Waals surface area contributed by atoms with Gasteiger partial charge in [0.05, 0.1) is 5.25 Å². The van der Waals surface area contributed by atoms with Crippen molar-refractivity contribution in [2.45, 2.75) is 31.2 Å². The van der Waals surface area contributed by atoms with Gasteiger partial charge in [-0.3, -0.25) is 14.7 Å². The van der Waals surface area contributed by atoms with E-state index in [9.17, 15) is 9.59 Å². The standard InChI is InChI=1S/C16H20N4O2S/c1-10(2)13(14(21)19-15(17)22)23-16-18-7-8-20(16)12-6-4-5-11(3)9-12/h4-10,13H,1-3H3,(H3,17,19,21,22). The molecule has 122 valence electrons. The van der Waals surface area contributed by atoms with Crippen molar-refractivity contribution in [3.05, 3.63) is 42.2 Å². The molecule has 0 saturated heterocycles. The zero-order valence-corrected chi connectivity index (χ0v) is 14.1. The van der Waals surface area contributed by atoms with Crippen LogP contribution < -0.4 is 11.1 Å². The van der Waals surface area contributed by atoms with Crippen LogP contribution in [0.5, 0.6) is 0 Å². The second kappa shape index (κ2) is 7.32. The summed E-state index contributed by atoms with van der Waals surface area (Å²) >= 11 is 1.31. The van der Waals surface area contributed by atoms with Gasteiger partial charge in [-0.2, -0.15) is 0 Å². The number of hydrogen-bond acceptors (Lipinski definition) is 4. The number of primary amides is 1. The minimum atomic E-state index is -0.844. The third-order valence-corrected chi connectivity index (χ3v) is 4.75. The van der Waals surface area contributed by atoms with E-state index >= 15 is 0 Å². The Bertz CT molecular complexity index is 712. The zero-order chi connectivity index (χ0) is 17.0. The largest absolute Gasteiger partial charge is 0.351 e. The van der Waals surface area contributed by atoms with E-state index in [4.69, 9.17) is 5.73 Å². The fraction of sp³-hybridized carbons (Fsp3) is 0.312. The van der Waals surface area contributed by atoms with E-state index in [-0.39, 0.29) is 5.92 Å². The summed E-state index contributed by atoms with van der Waals surface area (Å²) in [4.78, 5) is 27.4. The minimum absolute atomic E-state index is 0.0157. The monoisotopic (exact) mass is 332 g/mol. The molecule has 1 unspecified atom stereocenters. The Labute approximate surface area is 139 Å². The highest BCUT2D eigenvalue weighted by atomic mass is 32.2.